The second kappa shape index (κ2) is 4.75. The summed E-state index contributed by atoms with van der Waals surface area (Å²) < 4.78 is 1.68. The molecule has 0 aliphatic carbocycles. The molecule has 0 saturated carbocycles. The zero-order valence-electron chi connectivity index (χ0n) is 8.08. The molecule has 0 atom stereocenters. The first kappa shape index (κ1) is 9.92. The van der Waals surface area contributed by atoms with Crippen LogP contribution >= 0.6 is 11.8 Å². The highest BCUT2D eigenvalue weighted by Crippen LogP contribution is 2.14. The van der Waals surface area contributed by atoms with Crippen LogP contribution in [0.3, 0.4) is 0 Å². The summed E-state index contributed by atoms with van der Waals surface area (Å²) in [5, 5.41) is 13.1. The maximum absolute atomic E-state index is 4.08. The van der Waals surface area contributed by atoms with Crippen LogP contribution in [-0.4, -0.2) is 25.7 Å². The normalized spacial score (nSPS) is 10.1. The van der Waals surface area contributed by atoms with Crippen molar-refractivity contribution in [2.45, 2.75) is 5.03 Å². The molecule has 0 fully saturated rings. The van der Waals surface area contributed by atoms with Crippen molar-refractivity contribution >= 4 is 11.8 Å². The predicted octanol–water partition coefficient (Wildman–Crippen LogP) is 1.94. The van der Waals surface area contributed by atoms with Gasteiger partial charge in [-0.2, -0.15) is 5.10 Å². The van der Waals surface area contributed by atoms with Crippen molar-refractivity contribution in [2.24, 2.45) is 0 Å². The minimum Gasteiger partial charge on any atom is -0.221 e. The number of aromatic nitrogens is 4. The van der Waals surface area contributed by atoms with E-state index in [0.717, 1.165) is 16.6 Å². The Morgan fingerprint density at radius 2 is 2.33 bits per heavy atom. The van der Waals surface area contributed by atoms with E-state index in [1.165, 1.54) is 0 Å². The van der Waals surface area contributed by atoms with Crippen LogP contribution in [0.5, 0.6) is 0 Å². The summed E-state index contributed by atoms with van der Waals surface area (Å²) in [5.41, 5.74) is 0. The molecule has 0 aliphatic heterocycles. The first-order chi connectivity index (χ1) is 7.40. The van der Waals surface area contributed by atoms with Crippen LogP contribution in [0.4, 0.5) is 0 Å². The van der Waals surface area contributed by atoms with Crippen LogP contribution < -0.4 is 0 Å². The van der Waals surface area contributed by atoms with Crippen LogP contribution in [0.1, 0.15) is 0 Å². The first-order valence-electron chi connectivity index (χ1n) is 4.47. The summed E-state index contributed by atoms with van der Waals surface area (Å²) >= 11 is 1.61. The molecule has 76 valence electrons. The van der Waals surface area contributed by atoms with Crippen molar-refractivity contribution in [3.8, 4) is 5.82 Å². The molecular weight excluding hydrogens is 208 g/mol. The highest BCUT2D eigenvalue weighted by molar-refractivity contribution is 7.99. The second-order valence-electron chi connectivity index (χ2n) is 2.78. The number of hydrogen-bond acceptors (Lipinski definition) is 4. The molecule has 0 spiro atoms. The van der Waals surface area contributed by atoms with Gasteiger partial charge < -0.3 is 0 Å². The lowest BCUT2D eigenvalue weighted by Crippen LogP contribution is -1.99. The van der Waals surface area contributed by atoms with Gasteiger partial charge >= 0.3 is 0 Å². The van der Waals surface area contributed by atoms with Gasteiger partial charge in [-0.05, 0) is 18.2 Å². The molecule has 2 aromatic heterocycles. The van der Waals surface area contributed by atoms with Crippen molar-refractivity contribution in [1.82, 2.24) is 20.0 Å². The van der Waals surface area contributed by atoms with Crippen LogP contribution in [0.25, 0.3) is 5.82 Å². The number of thioether (sulfide) groups is 1. The maximum Gasteiger partial charge on any atom is 0.175 e. The van der Waals surface area contributed by atoms with E-state index < -0.39 is 0 Å². The Morgan fingerprint density at radius 1 is 1.40 bits per heavy atom. The zero-order chi connectivity index (χ0) is 10.5. The summed E-state index contributed by atoms with van der Waals surface area (Å²) in [4.78, 5) is 0. The molecule has 0 aromatic carbocycles. The molecule has 0 saturated heterocycles. The van der Waals surface area contributed by atoms with E-state index in [0.29, 0.717) is 0 Å². The van der Waals surface area contributed by atoms with Crippen LogP contribution in [0.15, 0.2) is 48.3 Å². The Balaban J connectivity index is 2.14. The Morgan fingerprint density at radius 3 is 2.93 bits per heavy atom. The van der Waals surface area contributed by atoms with Gasteiger partial charge in [0.15, 0.2) is 5.82 Å². The van der Waals surface area contributed by atoms with Crippen molar-refractivity contribution < 1.29 is 0 Å². The van der Waals surface area contributed by atoms with Gasteiger partial charge in [-0.25, -0.2) is 4.68 Å². The third kappa shape index (κ3) is 2.44. The number of nitrogens with zero attached hydrogens (tertiary/aromatic N) is 4. The maximum atomic E-state index is 4.08. The summed E-state index contributed by atoms with van der Waals surface area (Å²) in [6, 6.07) is 5.67. The van der Waals surface area contributed by atoms with E-state index in [1.54, 1.807) is 22.6 Å². The lowest BCUT2D eigenvalue weighted by molar-refractivity contribution is 0.792. The Kier molecular flexibility index (Phi) is 3.14. The van der Waals surface area contributed by atoms with E-state index in [2.05, 4.69) is 21.9 Å². The third-order valence-corrected chi connectivity index (χ3v) is 2.63. The van der Waals surface area contributed by atoms with E-state index in [1.807, 2.05) is 30.5 Å². The summed E-state index contributed by atoms with van der Waals surface area (Å²) in [6.07, 6.45) is 5.39. The van der Waals surface area contributed by atoms with Crippen molar-refractivity contribution in [3.63, 3.8) is 0 Å². The summed E-state index contributed by atoms with van der Waals surface area (Å²) in [5.74, 6) is 1.57. The second-order valence-corrected chi connectivity index (χ2v) is 3.82. The molecule has 2 rings (SSSR count). The molecule has 4 nitrogen and oxygen atoms in total. The molecule has 0 radical (unpaired) electrons. The average molecular weight is 218 g/mol. The van der Waals surface area contributed by atoms with Gasteiger partial charge in [-0.1, -0.05) is 6.08 Å². The van der Waals surface area contributed by atoms with Gasteiger partial charge in [0.05, 0.1) is 0 Å². The minimum absolute atomic E-state index is 0.725. The molecule has 0 aliphatic rings. The van der Waals surface area contributed by atoms with E-state index >= 15 is 0 Å². The lowest BCUT2D eigenvalue weighted by Gasteiger charge is -2.00. The standard InChI is InChI=1S/C10H10N4S/c1-2-8-15-10-5-4-9(12-13-10)14-7-3-6-11-14/h2-7H,1,8H2. The fraction of sp³-hybridized carbons (Fsp3) is 0.100. The summed E-state index contributed by atoms with van der Waals surface area (Å²) in [6.45, 7) is 3.65. The van der Waals surface area contributed by atoms with Crippen LogP contribution in [0, 0.1) is 0 Å². The molecule has 2 heterocycles. The van der Waals surface area contributed by atoms with Crippen molar-refractivity contribution in [3.05, 3.63) is 43.2 Å². The van der Waals surface area contributed by atoms with E-state index in [4.69, 9.17) is 0 Å². The Bertz CT molecular complexity index is 421. The molecule has 0 bridgehead atoms. The minimum atomic E-state index is 0.725. The smallest absolute Gasteiger partial charge is 0.175 e. The largest absolute Gasteiger partial charge is 0.221 e. The molecule has 0 amide bonds. The molecule has 0 unspecified atom stereocenters. The van der Waals surface area contributed by atoms with Gasteiger partial charge in [-0.3, -0.25) is 0 Å². The van der Waals surface area contributed by atoms with Gasteiger partial charge in [0.25, 0.3) is 0 Å². The quantitative estimate of drug-likeness (QED) is 0.581. The molecule has 2 aromatic rings. The van der Waals surface area contributed by atoms with Gasteiger partial charge in [-0.15, -0.1) is 28.5 Å². The SMILES string of the molecule is C=CCSc1ccc(-n2cccn2)nn1. The first-order valence-corrected chi connectivity index (χ1v) is 5.46. The van der Waals surface area contributed by atoms with Crippen LogP contribution in [0.2, 0.25) is 0 Å². The van der Waals surface area contributed by atoms with E-state index in [9.17, 15) is 0 Å². The lowest BCUT2D eigenvalue weighted by atomic mass is 10.5. The topological polar surface area (TPSA) is 43.6 Å². The third-order valence-electron chi connectivity index (χ3n) is 1.71. The summed E-state index contributed by atoms with van der Waals surface area (Å²) in [7, 11) is 0. The molecular formula is C10H10N4S. The number of rotatable bonds is 4. The van der Waals surface area contributed by atoms with Gasteiger partial charge in [0.2, 0.25) is 0 Å². The van der Waals surface area contributed by atoms with Crippen molar-refractivity contribution in [2.75, 3.05) is 5.75 Å². The van der Waals surface area contributed by atoms with Gasteiger partial charge in [0, 0.05) is 18.1 Å². The average Bonchev–Trinajstić information content (AvgIpc) is 2.80. The Hall–Kier alpha value is -1.62. The fourth-order valence-corrected chi connectivity index (χ4v) is 1.61. The highest BCUT2D eigenvalue weighted by atomic mass is 32.2. The monoisotopic (exact) mass is 218 g/mol. The molecule has 15 heavy (non-hydrogen) atoms. The van der Waals surface area contributed by atoms with Gasteiger partial charge in [0.1, 0.15) is 5.03 Å². The highest BCUT2D eigenvalue weighted by Gasteiger charge is 1.99. The predicted molar refractivity (Wildman–Crippen MR) is 60.1 cm³/mol. The number of hydrogen-bond donors (Lipinski definition) is 0. The van der Waals surface area contributed by atoms with Crippen molar-refractivity contribution in [1.29, 1.82) is 0 Å². The molecule has 5 heteroatoms. The fourth-order valence-electron chi connectivity index (χ4n) is 1.06. The molecule has 0 N–H and O–H groups in total. The Labute approximate surface area is 92.0 Å². The van der Waals surface area contributed by atoms with Crippen LogP contribution in [-0.2, 0) is 0 Å². The van der Waals surface area contributed by atoms with E-state index in [-0.39, 0.29) is 0 Å². The zero-order valence-corrected chi connectivity index (χ0v) is 8.89.